The second-order valence-electron chi connectivity index (χ2n) is 8.97. The van der Waals surface area contributed by atoms with Crippen molar-refractivity contribution in [1.82, 2.24) is 16.0 Å². The minimum atomic E-state index is -3.42. The van der Waals surface area contributed by atoms with Crippen molar-refractivity contribution in [2.24, 2.45) is 5.73 Å². The van der Waals surface area contributed by atoms with Crippen LogP contribution in [0.15, 0.2) is 60.7 Å². The van der Waals surface area contributed by atoms with Crippen LogP contribution in [-0.2, 0) is 46.6 Å². The van der Waals surface area contributed by atoms with Crippen molar-refractivity contribution in [2.45, 2.75) is 37.4 Å². The van der Waals surface area contributed by atoms with Crippen molar-refractivity contribution in [3.05, 3.63) is 71.8 Å². The number of alkyl carbamates (subject to hydrolysis) is 1. The van der Waals surface area contributed by atoms with Gasteiger partial charge in [0.2, 0.25) is 17.7 Å². The van der Waals surface area contributed by atoms with Crippen LogP contribution in [0.3, 0.4) is 0 Å². The van der Waals surface area contributed by atoms with Gasteiger partial charge >= 0.3 is 12.1 Å². The average Bonchev–Trinajstić information content (AvgIpc) is 2.87. The van der Waals surface area contributed by atoms with E-state index in [2.05, 4.69) is 16.0 Å². The van der Waals surface area contributed by atoms with E-state index in [-0.39, 0.29) is 12.8 Å². The number of hydrogen-bond donors (Lipinski definition) is 5. The molecule has 0 radical (unpaired) electrons. The first kappa shape index (κ1) is 31.8. The van der Waals surface area contributed by atoms with E-state index in [1.54, 1.807) is 60.7 Å². The number of hydrogen-bond acceptors (Lipinski definition) is 8. The van der Waals surface area contributed by atoms with Gasteiger partial charge in [0.1, 0.15) is 24.7 Å². The molecule has 0 unspecified atom stereocenters. The molecule has 0 fully saturated rings. The maximum atomic E-state index is 13.2. The van der Waals surface area contributed by atoms with Gasteiger partial charge in [0.15, 0.2) is 9.84 Å². The molecule has 216 valence electrons. The van der Waals surface area contributed by atoms with Crippen molar-refractivity contribution >= 4 is 39.6 Å². The SMILES string of the molecule is CS(=O)(=O)CCOC(=O)N[C@@H](CC(N)=O)C(=O)N[C@@H](Cc1ccccc1)C(=O)N[C@@H](Cc1ccccc1)C(=O)O. The molecule has 13 nitrogen and oxygen atoms in total. The monoisotopic (exact) mass is 576 g/mol. The first-order chi connectivity index (χ1) is 18.8. The number of carboxylic acid groups (broad SMARTS) is 1. The number of sulfone groups is 1. The Hall–Kier alpha value is -4.46. The van der Waals surface area contributed by atoms with E-state index >= 15 is 0 Å². The molecule has 3 atom stereocenters. The van der Waals surface area contributed by atoms with E-state index < -0.39 is 76.5 Å². The molecule has 0 heterocycles. The van der Waals surface area contributed by atoms with Crippen LogP contribution in [0.2, 0.25) is 0 Å². The van der Waals surface area contributed by atoms with E-state index in [1.807, 2.05) is 0 Å². The van der Waals surface area contributed by atoms with Crippen LogP contribution in [0.4, 0.5) is 4.79 Å². The standard InChI is InChI=1S/C26H32N4O9S/c1-40(37,38)13-12-39-26(36)30-20(16-22(27)31)24(33)28-19(14-17-8-4-2-5-9-17)23(32)29-21(25(34)35)15-18-10-6-3-7-11-18/h2-11,19-21H,12-16H2,1H3,(H2,27,31)(H,28,33)(H,29,32)(H,30,36)(H,34,35)/t19-,20-,21-/m0/s1. The number of amides is 4. The third kappa shape index (κ3) is 11.9. The predicted octanol–water partition coefficient (Wildman–Crippen LogP) is -0.459. The molecule has 0 aliphatic carbocycles. The number of carboxylic acids is 1. The van der Waals surface area contributed by atoms with Crippen LogP contribution in [0, 0.1) is 0 Å². The fraction of sp³-hybridized carbons (Fsp3) is 0.346. The first-order valence-corrected chi connectivity index (χ1v) is 14.2. The molecule has 0 aliphatic rings. The molecule has 0 bridgehead atoms. The molecule has 14 heteroatoms. The summed E-state index contributed by atoms with van der Waals surface area (Å²) in [6, 6.07) is 13.0. The number of ether oxygens (including phenoxy) is 1. The van der Waals surface area contributed by atoms with Crippen molar-refractivity contribution in [3.8, 4) is 0 Å². The smallest absolute Gasteiger partial charge is 0.407 e. The van der Waals surface area contributed by atoms with Crippen molar-refractivity contribution < 1.29 is 42.2 Å². The zero-order valence-electron chi connectivity index (χ0n) is 21.7. The van der Waals surface area contributed by atoms with Gasteiger partial charge in [-0.1, -0.05) is 60.7 Å². The summed E-state index contributed by atoms with van der Waals surface area (Å²) in [6.07, 6.45) is -0.942. The second kappa shape index (κ2) is 15.2. The van der Waals surface area contributed by atoms with E-state index in [4.69, 9.17) is 10.5 Å². The van der Waals surface area contributed by atoms with E-state index in [0.29, 0.717) is 11.1 Å². The average molecular weight is 577 g/mol. The number of nitrogens with one attached hydrogen (secondary N) is 3. The summed E-state index contributed by atoms with van der Waals surface area (Å²) in [5, 5.41) is 16.7. The van der Waals surface area contributed by atoms with Crippen LogP contribution < -0.4 is 21.7 Å². The highest BCUT2D eigenvalue weighted by molar-refractivity contribution is 7.90. The maximum absolute atomic E-state index is 13.2. The lowest BCUT2D eigenvalue weighted by Gasteiger charge is -2.24. The highest BCUT2D eigenvalue weighted by Gasteiger charge is 2.31. The number of carbonyl (C=O) groups is 5. The predicted molar refractivity (Wildman–Crippen MR) is 144 cm³/mol. The number of nitrogens with two attached hydrogens (primary N) is 1. The highest BCUT2D eigenvalue weighted by Crippen LogP contribution is 2.08. The van der Waals surface area contributed by atoms with Gasteiger partial charge in [0.25, 0.3) is 0 Å². The lowest BCUT2D eigenvalue weighted by molar-refractivity contribution is -0.142. The van der Waals surface area contributed by atoms with Crippen molar-refractivity contribution in [3.63, 3.8) is 0 Å². The minimum absolute atomic E-state index is 0.0148. The summed E-state index contributed by atoms with van der Waals surface area (Å²) in [5.74, 6) is -4.47. The van der Waals surface area contributed by atoms with E-state index in [1.165, 1.54) is 0 Å². The Kier molecular flexibility index (Phi) is 12.1. The van der Waals surface area contributed by atoms with Gasteiger partial charge in [0, 0.05) is 19.1 Å². The Labute approximate surface area is 231 Å². The molecule has 6 N–H and O–H groups in total. The van der Waals surface area contributed by atoms with Gasteiger partial charge in [-0.3, -0.25) is 14.4 Å². The Bertz CT molecular complexity index is 1290. The van der Waals surface area contributed by atoms with Gasteiger partial charge in [-0.25, -0.2) is 18.0 Å². The fourth-order valence-electron chi connectivity index (χ4n) is 3.53. The quantitative estimate of drug-likeness (QED) is 0.185. The summed E-state index contributed by atoms with van der Waals surface area (Å²) in [5.41, 5.74) is 6.52. The largest absolute Gasteiger partial charge is 0.480 e. The van der Waals surface area contributed by atoms with Crippen molar-refractivity contribution in [2.75, 3.05) is 18.6 Å². The number of aliphatic carboxylic acids is 1. The lowest BCUT2D eigenvalue weighted by atomic mass is 10.0. The number of primary amides is 1. The molecule has 40 heavy (non-hydrogen) atoms. The fourth-order valence-corrected chi connectivity index (χ4v) is 3.92. The molecule has 0 saturated heterocycles. The van der Waals surface area contributed by atoms with Crippen molar-refractivity contribution in [1.29, 1.82) is 0 Å². The van der Waals surface area contributed by atoms with Crippen LogP contribution in [-0.4, -0.2) is 80.0 Å². The molecule has 0 saturated carbocycles. The molecule has 2 aromatic rings. The first-order valence-electron chi connectivity index (χ1n) is 12.1. The Morgan fingerprint density at radius 1 is 0.800 bits per heavy atom. The molecule has 4 amide bonds. The molecular formula is C26H32N4O9S. The topological polar surface area (TPSA) is 211 Å². The van der Waals surface area contributed by atoms with Gasteiger partial charge < -0.3 is 31.5 Å². The molecule has 2 aromatic carbocycles. The van der Waals surface area contributed by atoms with Crippen LogP contribution in [0.25, 0.3) is 0 Å². The summed E-state index contributed by atoms with van der Waals surface area (Å²) >= 11 is 0. The molecule has 0 aromatic heterocycles. The number of benzene rings is 2. The summed E-state index contributed by atoms with van der Waals surface area (Å²) in [6.45, 7) is -0.493. The lowest BCUT2D eigenvalue weighted by Crippen LogP contribution is -2.57. The van der Waals surface area contributed by atoms with Crippen LogP contribution >= 0.6 is 0 Å². The highest BCUT2D eigenvalue weighted by atomic mass is 32.2. The summed E-state index contributed by atoms with van der Waals surface area (Å²) in [4.78, 5) is 61.9. The van der Waals surface area contributed by atoms with Gasteiger partial charge in [-0.2, -0.15) is 0 Å². The molecule has 0 spiro atoms. The zero-order chi connectivity index (χ0) is 29.7. The normalized spacial score (nSPS) is 13.2. The summed E-state index contributed by atoms with van der Waals surface area (Å²) < 4.78 is 27.2. The Morgan fingerprint density at radius 2 is 1.27 bits per heavy atom. The van der Waals surface area contributed by atoms with E-state index in [0.717, 1.165) is 6.26 Å². The van der Waals surface area contributed by atoms with E-state index in [9.17, 15) is 37.5 Å². The van der Waals surface area contributed by atoms with Gasteiger partial charge in [-0.05, 0) is 11.1 Å². The number of carbonyl (C=O) groups excluding carboxylic acids is 4. The molecular weight excluding hydrogens is 544 g/mol. The Morgan fingerprint density at radius 3 is 1.75 bits per heavy atom. The third-order valence-electron chi connectivity index (χ3n) is 5.51. The van der Waals surface area contributed by atoms with Gasteiger partial charge in [0.05, 0.1) is 12.2 Å². The second-order valence-corrected chi connectivity index (χ2v) is 11.2. The Balaban J connectivity index is 2.20. The molecule has 0 aliphatic heterocycles. The minimum Gasteiger partial charge on any atom is -0.480 e. The van der Waals surface area contributed by atoms with Crippen LogP contribution in [0.1, 0.15) is 17.5 Å². The zero-order valence-corrected chi connectivity index (χ0v) is 22.6. The maximum Gasteiger partial charge on any atom is 0.407 e. The summed E-state index contributed by atoms with van der Waals surface area (Å²) in [7, 11) is -3.42. The number of rotatable bonds is 15. The molecule has 2 rings (SSSR count). The van der Waals surface area contributed by atoms with Gasteiger partial charge in [-0.15, -0.1) is 0 Å². The van der Waals surface area contributed by atoms with Crippen LogP contribution in [0.5, 0.6) is 0 Å². The third-order valence-corrected chi connectivity index (χ3v) is 6.42.